The van der Waals surface area contributed by atoms with Gasteiger partial charge in [0.1, 0.15) is 0 Å². The first-order valence-corrected chi connectivity index (χ1v) is 8.24. The lowest BCUT2D eigenvalue weighted by Gasteiger charge is -2.09. The van der Waals surface area contributed by atoms with Crippen LogP contribution in [0.3, 0.4) is 0 Å². The molecule has 1 rings (SSSR count). The van der Waals surface area contributed by atoms with Crippen molar-refractivity contribution in [3.63, 3.8) is 0 Å². The number of rotatable bonds is 8. The fraction of sp³-hybridized carbons (Fsp3) is 0.600. The Morgan fingerprint density at radius 2 is 1.86 bits per heavy atom. The molecule has 0 aliphatic rings. The first-order chi connectivity index (χ1) is 10.5. The largest absolute Gasteiger partial charge is 0.465 e. The molecule has 7 heteroatoms. The van der Waals surface area contributed by atoms with E-state index in [-0.39, 0.29) is 13.2 Å². The molecule has 0 aliphatic heterocycles. The molecule has 22 heavy (non-hydrogen) atoms. The van der Waals surface area contributed by atoms with E-state index in [0.717, 1.165) is 12.1 Å². The van der Waals surface area contributed by atoms with E-state index in [1.807, 2.05) is 5.38 Å². The number of aliphatic imine (C=N–C) groups is 1. The lowest BCUT2D eigenvalue weighted by molar-refractivity contribution is -0.157. The summed E-state index contributed by atoms with van der Waals surface area (Å²) >= 11 is 1.37. The predicted molar refractivity (Wildman–Crippen MR) is 85.7 cm³/mol. The van der Waals surface area contributed by atoms with E-state index in [0.29, 0.717) is 11.0 Å². The maximum absolute atomic E-state index is 11.8. The number of hydrogen-bond acceptors (Lipinski definition) is 7. The summed E-state index contributed by atoms with van der Waals surface area (Å²) in [5.41, 5.74) is 0.962. The standard InChI is InChI=1S/C15H22N2O4S/c1-5-10(4)12-9-22-15(17-12)16-8-11(13(18)20-6-2)14(19)21-7-3/h8-11H,5-7H2,1-4H3. The summed E-state index contributed by atoms with van der Waals surface area (Å²) in [6.07, 6.45) is 2.23. The van der Waals surface area contributed by atoms with Gasteiger partial charge in [0.15, 0.2) is 5.92 Å². The van der Waals surface area contributed by atoms with E-state index in [2.05, 4.69) is 23.8 Å². The van der Waals surface area contributed by atoms with Gasteiger partial charge in [0.05, 0.1) is 18.9 Å². The number of aromatic nitrogens is 1. The van der Waals surface area contributed by atoms with Crippen LogP contribution in [0.5, 0.6) is 0 Å². The van der Waals surface area contributed by atoms with Gasteiger partial charge in [0.25, 0.3) is 0 Å². The molecule has 1 aromatic rings. The molecular weight excluding hydrogens is 304 g/mol. The molecule has 0 amide bonds. The quantitative estimate of drug-likeness (QED) is 0.417. The molecule has 1 atom stereocenters. The van der Waals surface area contributed by atoms with Crippen molar-refractivity contribution in [2.45, 2.75) is 40.0 Å². The summed E-state index contributed by atoms with van der Waals surface area (Å²) in [5.74, 6) is -2.13. The number of carbonyl (C=O) groups is 2. The zero-order valence-corrected chi connectivity index (χ0v) is 14.2. The third-order valence-electron chi connectivity index (χ3n) is 3.04. The van der Waals surface area contributed by atoms with Crippen molar-refractivity contribution >= 4 is 34.6 Å². The van der Waals surface area contributed by atoms with Crippen molar-refractivity contribution in [1.82, 2.24) is 4.98 Å². The van der Waals surface area contributed by atoms with Crippen molar-refractivity contribution in [1.29, 1.82) is 0 Å². The fourth-order valence-electron chi connectivity index (χ4n) is 1.59. The molecule has 1 aromatic heterocycles. The van der Waals surface area contributed by atoms with Crippen LogP contribution in [-0.4, -0.2) is 36.4 Å². The van der Waals surface area contributed by atoms with Gasteiger partial charge in [0.2, 0.25) is 5.13 Å². The number of ether oxygens (including phenoxy) is 2. The first kappa shape index (κ1) is 18.3. The Morgan fingerprint density at radius 3 is 2.36 bits per heavy atom. The lowest BCUT2D eigenvalue weighted by Crippen LogP contribution is -2.29. The number of thiazole rings is 1. The average Bonchev–Trinajstić information content (AvgIpc) is 2.96. The van der Waals surface area contributed by atoms with E-state index in [9.17, 15) is 9.59 Å². The smallest absolute Gasteiger partial charge is 0.325 e. The van der Waals surface area contributed by atoms with Crippen LogP contribution >= 0.6 is 11.3 Å². The molecule has 0 spiro atoms. The highest BCUT2D eigenvalue weighted by molar-refractivity contribution is 7.13. The minimum absolute atomic E-state index is 0.192. The normalized spacial score (nSPS) is 12.6. The Morgan fingerprint density at radius 1 is 1.27 bits per heavy atom. The monoisotopic (exact) mass is 326 g/mol. The van der Waals surface area contributed by atoms with Gasteiger partial charge in [-0.25, -0.2) is 9.98 Å². The van der Waals surface area contributed by atoms with Crippen LogP contribution in [0.2, 0.25) is 0 Å². The van der Waals surface area contributed by atoms with Crippen LogP contribution < -0.4 is 0 Å². The van der Waals surface area contributed by atoms with Gasteiger partial charge in [0, 0.05) is 11.6 Å². The van der Waals surface area contributed by atoms with Gasteiger partial charge in [-0.05, 0) is 26.2 Å². The molecule has 0 radical (unpaired) electrons. The molecule has 0 saturated heterocycles. The van der Waals surface area contributed by atoms with Gasteiger partial charge in [-0.3, -0.25) is 9.59 Å². The molecule has 0 aromatic carbocycles. The van der Waals surface area contributed by atoms with Crippen LogP contribution in [0, 0.1) is 5.92 Å². The second-order valence-corrected chi connectivity index (χ2v) is 5.46. The van der Waals surface area contributed by atoms with Crippen molar-refractivity contribution in [2.24, 2.45) is 10.9 Å². The second kappa shape index (κ2) is 9.30. The van der Waals surface area contributed by atoms with E-state index >= 15 is 0 Å². The number of hydrogen-bond donors (Lipinski definition) is 0. The highest BCUT2D eigenvalue weighted by Crippen LogP contribution is 2.25. The molecule has 0 N–H and O–H groups in total. The van der Waals surface area contributed by atoms with E-state index in [1.165, 1.54) is 17.6 Å². The van der Waals surface area contributed by atoms with Crippen molar-refractivity contribution in [3.8, 4) is 0 Å². The summed E-state index contributed by atoms with van der Waals surface area (Å²) in [4.78, 5) is 32.1. The zero-order valence-electron chi connectivity index (χ0n) is 13.4. The Balaban J connectivity index is 2.85. The maximum atomic E-state index is 11.8. The minimum atomic E-state index is -1.16. The van der Waals surface area contributed by atoms with Crippen molar-refractivity contribution in [3.05, 3.63) is 11.1 Å². The van der Waals surface area contributed by atoms with E-state index < -0.39 is 17.9 Å². The molecule has 122 valence electrons. The van der Waals surface area contributed by atoms with Crippen LogP contribution in [0.1, 0.15) is 45.7 Å². The van der Waals surface area contributed by atoms with Gasteiger partial charge in [-0.2, -0.15) is 0 Å². The molecular formula is C15H22N2O4S. The number of nitrogens with zero attached hydrogens (tertiary/aromatic N) is 2. The highest BCUT2D eigenvalue weighted by atomic mass is 32.1. The Kier molecular flexibility index (Phi) is 7.73. The number of esters is 2. The predicted octanol–water partition coefficient (Wildman–Crippen LogP) is 3.10. The SMILES string of the molecule is CCOC(=O)C(C=Nc1nc(C(C)CC)cs1)C(=O)OCC. The maximum Gasteiger partial charge on any atom is 0.325 e. The molecule has 0 aliphatic carbocycles. The van der Waals surface area contributed by atoms with Crippen LogP contribution in [-0.2, 0) is 19.1 Å². The van der Waals surface area contributed by atoms with Crippen molar-refractivity contribution < 1.29 is 19.1 Å². The molecule has 6 nitrogen and oxygen atoms in total. The molecule has 0 fully saturated rings. The topological polar surface area (TPSA) is 77.9 Å². The lowest BCUT2D eigenvalue weighted by atomic mass is 10.1. The zero-order chi connectivity index (χ0) is 16.5. The molecule has 1 heterocycles. The van der Waals surface area contributed by atoms with Crippen LogP contribution in [0.25, 0.3) is 0 Å². The first-order valence-electron chi connectivity index (χ1n) is 7.36. The highest BCUT2D eigenvalue weighted by Gasteiger charge is 2.27. The summed E-state index contributed by atoms with van der Waals surface area (Å²) in [7, 11) is 0. The van der Waals surface area contributed by atoms with Crippen LogP contribution in [0.4, 0.5) is 5.13 Å². The van der Waals surface area contributed by atoms with Gasteiger partial charge >= 0.3 is 11.9 Å². The number of carbonyl (C=O) groups excluding carboxylic acids is 2. The Labute approximate surface area is 134 Å². The molecule has 0 saturated carbocycles. The van der Waals surface area contributed by atoms with Crippen LogP contribution in [0.15, 0.2) is 10.4 Å². The van der Waals surface area contributed by atoms with Gasteiger partial charge < -0.3 is 9.47 Å². The van der Waals surface area contributed by atoms with E-state index in [1.54, 1.807) is 13.8 Å². The summed E-state index contributed by atoms with van der Waals surface area (Å²) in [6.45, 7) is 7.91. The minimum Gasteiger partial charge on any atom is -0.465 e. The Hall–Kier alpha value is -1.76. The molecule has 1 unspecified atom stereocenters. The third kappa shape index (κ3) is 5.22. The third-order valence-corrected chi connectivity index (χ3v) is 3.81. The second-order valence-electron chi connectivity index (χ2n) is 4.62. The summed E-state index contributed by atoms with van der Waals surface area (Å²) in [5, 5.41) is 2.44. The fourth-order valence-corrected chi connectivity index (χ4v) is 2.38. The molecule has 0 bridgehead atoms. The Bertz CT molecular complexity index is 509. The van der Waals surface area contributed by atoms with E-state index in [4.69, 9.17) is 9.47 Å². The summed E-state index contributed by atoms with van der Waals surface area (Å²) in [6, 6.07) is 0. The average molecular weight is 326 g/mol. The van der Waals surface area contributed by atoms with Gasteiger partial charge in [-0.1, -0.05) is 13.8 Å². The van der Waals surface area contributed by atoms with Crippen molar-refractivity contribution in [2.75, 3.05) is 13.2 Å². The van der Waals surface area contributed by atoms with Gasteiger partial charge in [-0.15, -0.1) is 11.3 Å². The summed E-state index contributed by atoms with van der Waals surface area (Å²) < 4.78 is 9.75.